The summed E-state index contributed by atoms with van der Waals surface area (Å²) in [5, 5.41) is 9.77. The van der Waals surface area contributed by atoms with E-state index >= 15 is 0 Å². The monoisotopic (exact) mass is 159 g/mol. The summed E-state index contributed by atoms with van der Waals surface area (Å²) in [5.41, 5.74) is 3.72. The molecule has 0 aromatic heterocycles. The number of carbonyl (C=O) groups is 1. The van der Waals surface area contributed by atoms with Gasteiger partial charge in [0.15, 0.2) is 0 Å². The van der Waals surface area contributed by atoms with E-state index in [1.54, 1.807) is 27.7 Å². The predicted octanol–water partition coefficient (Wildman–Crippen LogP) is 0.515. The van der Waals surface area contributed by atoms with Gasteiger partial charge in [-0.15, -0.1) is 0 Å². The Bertz CT molecular complexity index is 144. The van der Waals surface area contributed by atoms with Gasteiger partial charge in [-0.05, 0) is 11.8 Å². The van der Waals surface area contributed by atoms with Crippen molar-refractivity contribution >= 4 is 5.91 Å². The van der Waals surface area contributed by atoms with E-state index in [-0.39, 0.29) is 11.8 Å². The number of primary amides is 1. The van der Waals surface area contributed by atoms with Gasteiger partial charge < -0.3 is 10.8 Å². The number of hydrogen-bond acceptors (Lipinski definition) is 2. The highest BCUT2D eigenvalue weighted by molar-refractivity contribution is 5.83. The Balaban J connectivity index is 4.67. The standard InChI is InChI=1S/C8H17NO2/c1-5(2)8(11,6(3)4)7(9)10/h5-6,11H,1-4H3,(H2,9,10). The molecule has 0 rings (SSSR count). The number of rotatable bonds is 3. The van der Waals surface area contributed by atoms with Crippen molar-refractivity contribution in [2.24, 2.45) is 17.6 Å². The van der Waals surface area contributed by atoms with Crippen molar-refractivity contribution in [2.75, 3.05) is 0 Å². The largest absolute Gasteiger partial charge is 0.379 e. The Morgan fingerprint density at radius 1 is 1.27 bits per heavy atom. The van der Waals surface area contributed by atoms with Gasteiger partial charge in [-0.25, -0.2) is 0 Å². The second-order valence-electron chi connectivity index (χ2n) is 3.50. The lowest BCUT2D eigenvalue weighted by Gasteiger charge is -2.32. The third kappa shape index (κ3) is 1.71. The molecule has 0 spiro atoms. The average molecular weight is 159 g/mol. The van der Waals surface area contributed by atoms with Crippen molar-refractivity contribution in [3.63, 3.8) is 0 Å². The van der Waals surface area contributed by atoms with Crippen LogP contribution in [0.4, 0.5) is 0 Å². The first kappa shape index (κ1) is 10.4. The molecular formula is C8H17NO2. The van der Waals surface area contributed by atoms with Gasteiger partial charge in [0.25, 0.3) is 0 Å². The van der Waals surface area contributed by atoms with Crippen molar-refractivity contribution in [3.8, 4) is 0 Å². The topological polar surface area (TPSA) is 63.3 Å². The summed E-state index contributed by atoms with van der Waals surface area (Å²) in [4.78, 5) is 10.9. The minimum absolute atomic E-state index is 0.139. The van der Waals surface area contributed by atoms with Gasteiger partial charge in [-0.3, -0.25) is 4.79 Å². The number of nitrogens with two attached hydrogens (primary N) is 1. The Labute approximate surface area is 67.6 Å². The van der Waals surface area contributed by atoms with E-state index in [1.807, 2.05) is 0 Å². The molecule has 0 aliphatic rings. The molecule has 0 heterocycles. The highest BCUT2D eigenvalue weighted by atomic mass is 16.3. The maximum absolute atomic E-state index is 10.9. The third-order valence-corrected chi connectivity index (χ3v) is 2.16. The van der Waals surface area contributed by atoms with Crippen LogP contribution in [0.25, 0.3) is 0 Å². The summed E-state index contributed by atoms with van der Waals surface area (Å²) >= 11 is 0. The predicted molar refractivity (Wildman–Crippen MR) is 43.8 cm³/mol. The van der Waals surface area contributed by atoms with Gasteiger partial charge in [0.1, 0.15) is 5.60 Å². The fourth-order valence-electron chi connectivity index (χ4n) is 1.24. The van der Waals surface area contributed by atoms with E-state index in [2.05, 4.69) is 0 Å². The molecular weight excluding hydrogens is 142 g/mol. The summed E-state index contributed by atoms with van der Waals surface area (Å²) in [5.74, 6) is -0.914. The molecule has 0 aliphatic heterocycles. The Hall–Kier alpha value is -0.570. The summed E-state index contributed by atoms with van der Waals surface area (Å²) in [6.07, 6.45) is 0. The lowest BCUT2D eigenvalue weighted by Crippen LogP contribution is -2.52. The zero-order chi connectivity index (χ0) is 9.23. The van der Waals surface area contributed by atoms with E-state index in [1.165, 1.54) is 0 Å². The molecule has 0 bridgehead atoms. The molecule has 3 nitrogen and oxygen atoms in total. The smallest absolute Gasteiger partial charge is 0.249 e. The fraction of sp³-hybridized carbons (Fsp3) is 0.875. The van der Waals surface area contributed by atoms with E-state index in [0.29, 0.717) is 0 Å². The highest BCUT2D eigenvalue weighted by Gasteiger charge is 2.40. The van der Waals surface area contributed by atoms with Crippen molar-refractivity contribution < 1.29 is 9.90 Å². The normalized spacial score (nSPS) is 12.6. The molecule has 0 saturated carbocycles. The maximum Gasteiger partial charge on any atom is 0.249 e. The quantitative estimate of drug-likeness (QED) is 0.630. The second-order valence-corrected chi connectivity index (χ2v) is 3.50. The van der Waals surface area contributed by atoms with Crippen LogP contribution >= 0.6 is 0 Å². The van der Waals surface area contributed by atoms with Gasteiger partial charge in [0.2, 0.25) is 5.91 Å². The lowest BCUT2D eigenvalue weighted by molar-refractivity contribution is -0.146. The molecule has 0 saturated heterocycles. The van der Waals surface area contributed by atoms with E-state index in [0.717, 1.165) is 0 Å². The molecule has 0 aromatic rings. The van der Waals surface area contributed by atoms with E-state index in [4.69, 9.17) is 5.73 Å². The SMILES string of the molecule is CC(C)C(O)(C(N)=O)C(C)C. The summed E-state index contributed by atoms with van der Waals surface area (Å²) < 4.78 is 0. The Morgan fingerprint density at radius 3 is 1.55 bits per heavy atom. The van der Waals surface area contributed by atoms with Crippen LogP contribution in [0.1, 0.15) is 27.7 Å². The van der Waals surface area contributed by atoms with Crippen LogP contribution in [0.2, 0.25) is 0 Å². The molecule has 1 amide bonds. The van der Waals surface area contributed by atoms with Gasteiger partial charge in [0, 0.05) is 0 Å². The first-order valence-electron chi connectivity index (χ1n) is 3.85. The first-order valence-corrected chi connectivity index (χ1v) is 3.85. The zero-order valence-corrected chi connectivity index (χ0v) is 7.59. The van der Waals surface area contributed by atoms with Crippen molar-refractivity contribution in [2.45, 2.75) is 33.3 Å². The zero-order valence-electron chi connectivity index (χ0n) is 7.59. The summed E-state index contributed by atoms with van der Waals surface area (Å²) in [7, 11) is 0. The van der Waals surface area contributed by atoms with Crippen molar-refractivity contribution in [1.82, 2.24) is 0 Å². The summed E-state index contributed by atoms with van der Waals surface area (Å²) in [6, 6.07) is 0. The number of aliphatic hydroxyl groups is 1. The fourth-order valence-corrected chi connectivity index (χ4v) is 1.24. The van der Waals surface area contributed by atoms with E-state index < -0.39 is 11.5 Å². The van der Waals surface area contributed by atoms with Crippen LogP contribution in [-0.4, -0.2) is 16.6 Å². The highest BCUT2D eigenvalue weighted by Crippen LogP contribution is 2.25. The first-order chi connectivity index (χ1) is 4.83. The number of carbonyl (C=O) groups excluding carboxylic acids is 1. The number of amides is 1. The Morgan fingerprint density at radius 2 is 1.55 bits per heavy atom. The molecule has 0 atom stereocenters. The lowest BCUT2D eigenvalue weighted by atomic mass is 9.80. The van der Waals surface area contributed by atoms with Gasteiger partial charge in [-0.1, -0.05) is 27.7 Å². The molecule has 3 heteroatoms. The van der Waals surface area contributed by atoms with Crippen LogP contribution in [-0.2, 0) is 4.79 Å². The van der Waals surface area contributed by atoms with Crippen molar-refractivity contribution in [3.05, 3.63) is 0 Å². The maximum atomic E-state index is 10.9. The van der Waals surface area contributed by atoms with Gasteiger partial charge in [-0.2, -0.15) is 0 Å². The van der Waals surface area contributed by atoms with Gasteiger partial charge in [0.05, 0.1) is 0 Å². The molecule has 0 fully saturated rings. The molecule has 3 N–H and O–H groups in total. The van der Waals surface area contributed by atoms with Crippen LogP contribution in [0, 0.1) is 11.8 Å². The third-order valence-electron chi connectivity index (χ3n) is 2.16. The van der Waals surface area contributed by atoms with Crippen LogP contribution in [0.15, 0.2) is 0 Å². The minimum Gasteiger partial charge on any atom is -0.379 e. The Kier molecular flexibility index (Phi) is 3.05. The molecule has 0 radical (unpaired) electrons. The van der Waals surface area contributed by atoms with Gasteiger partial charge >= 0.3 is 0 Å². The molecule has 11 heavy (non-hydrogen) atoms. The molecule has 0 unspecified atom stereocenters. The number of hydrogen-bond donors (Lipinski definition) is 2. The van der Waals surface area contributed by atoms with Crippen LogP contribution in [0.3, 0.4) is 0 Å². The van der Waals surface area contributed by atoms with Crippen LogP contribution in [0.5, 0.6) is 0 Å². The van der Waals surface area contributed by atoms with Crippen LogP contribution < -0.4 is 5.73 Å². The molecule has 0 aliphatic carbocycles. The van der Waals surface area contributed by atoms with E-state index in [9.17, 15) is 9.90 Å². The average Bonchev–Trinajstić information content (AvgIpc) is 1.84. The molecule has 0 aromatic carbocycles. The van der Waals surface area contributed by atoms with Crippen molar-refractivity contribution in [1.29, 1.82) is 0 Å². The minimum atomic E-state index is -1.36. The second kappa shape index (κ2) is 3.22. The summed E-state index contributed by atoms with van der Waals surface area (Å²) in [6.45, 7) is 7.13. The molecule has 66 valence electrons.